The van der Waals surface area contributed by atoms with Crippen molar-refractivity contribution in [3.63, 3.8) is 0 Å². The predicted octanol–water partition coefficient (Wildman–Crippen LogP) is 1.50. The Morgan fingerprint density at radius 2 is 2.24 bits per heavy atom. The molecule has 1 N–H and O–H groups in total. The van der Waals surface area contributed by atoms with Crippen LogP contribution in [0.2, 0.25) is 0 Å². The van der Waals surface area contributed by atoms with Gasteiger partial charge in [-0.3, -0.25) is 0 Å². The highest BCUT2D eigenvalue weighted by Gasteiger charge is 2.29. The summed E-state index contributed by atoms with van der Waals surface area (Å²) in [5.74, 6) is 1.45. The molecule has 0 radical (unpaired) electrons. The second kappa shape index (κ2) is 5.84. The van der Waals surface area contributed by atoms with Crippen LogP contribution in [0, 0.1) is 5.92 Å². The number of hydrogen-bond acceptors (Lipinski definition) is 3. The highest BCUT2D eigenvalue weighted by molar-refractivity contribution is 5.82. The van der Waals surface area contributed by atoms with E-state index < -0.39 is 0 Å². The second-order valence-electron chi connectivity index (χ2n) is 4.74. The Balaban J connectivity index is 2.98. The normalized spacial score (nSPS) is 20.9. The van der Waals surface area contributed by atoms with Gasteiger partial charge in [-0.1, -0.05) is 13.8 Å². The first-order chi connectivity index (χ1) is 8.01. The molecule has 0 bridgehead atoms. The van der Waals surface area contributed by atoms with Gasteiger partial charge in [0.2, 0.25) is 5.70 Å². The molecule has 0 aliphatic carbocycles. The van der Waals surface area contributed by atoms with Gasteiger partial charge in [0.25, 0.3) is 0 Å². The van der Waals surface area contributed by atoms with Crippen molar-refractivity contribution in [1.82, 2.24) is 10.2 Å². The zero-order chi connectivity index (χ0) is 13.0. The van der Waals surface area contributed by atoms with Gasteiger partial charge in [0, 0.05) is 20.5 Å². The van der Waals surface area contributed by atoms with E-state index in [1.807, 2.05) is 6.92 Å². The van der Waals surface area contributed by atoms with E-state index in [9.17, 15) is 0 Å². The third kappa shape index (κ3) is 3.08. The molecule has 17 heavy (non-hydrogen) atoms. The Kier molecular flexibility index (Phi) is 4.73. The van der Waals surface area contributed by atoms with Crippen LogP contribution in [0.15, 0.2) is 16.9 Å². The molecule has 0 aromatic heterocycles. The Morgan fingerprint density at radius 3 is 2.71 bits per heavy atom. The highest BCUT2D eigenvalue weighted by Crippen LogP contribution is 2.19. The van der Waals surface area contributed by atoms with Crippen molar-refractivity contribution in [2.45, 2.75) is 33.7 Å². The van der Waals surface area contributed by atoms with Crippen LogP contribution in [0.3, 0.4) is 0 Å². The summed E-state index contributed by atoms with van der Waals surface area (Å²) in [5.41, 5.74) is 1.22. The van der Waals surface area contributed by atoms with Crippen molar-refractivity contribution in [2.24, 2.45) is 10.9 Å². The van der Waals surface area contributed by atoms with E-state index in [4.69, 9.17) is 4.99 Å². The van der Waals surface area contributed by atoms with Crippen LogP contribution < -0.4 is 5.32 Å². The van der Waals surface area contributed by atoms with Gasteiger partial charge in [0.05, 0.1) is 6.20 Å². The van der Waals surface area contributed by atoms with E-state index in [-0.39, 0.29) is 6.04 Å². The Hall–Kier alpha value is -1.32. The molecule has 0 amide bonds. The molecule has 4 nitrogen and oxygen atoms in total. The van der Waals surface area contributed by atoms with Crippen LogP contribution in [0.5, 0.6) is 0 Å². The maximum Gasteiger partial charge on any atom is 0.222 e. The summed E-state index contributed by atoms with van der Waals surface area (Å²) in [4.78, 5) is 6.93. The first kappa shape index (κ1) is 13.7. The van der Waals surface area contributed by atoms with Gasteiger partial charge in [0.1, 0.15) is 19.3 Å². The average molecular weight is 237 g/mol. The van der Waals surface area contributed by atoms with Crippen LogP contribution >= 0.6 is 0 Å². The molecular weight excluding hydrogens is 212 g/mol. The largest absolute Gasteiger partial charge is 0.346 e. The van der Waals surface area contributed by atoms with Crippen LogP contribution in [0.4, 0.5) is 0 Å². The Bertz CT molecular complexity index is 352. The molecule has 0 saturated heterocycles. The van der Waals surface area contributed by atoms with Gasteiger partial charge in [-0.05, 0) is 12.8 Å². The molecule has 1 heterocycles. The van der Waals surface area contributed by atoms with Crippen LogP contribution in [0.1, 0.15) is 27.7 Å². The Labute approximate surface area is 105 Å². The molecule has 0 aromatic rings. The summed E-state index contributed by atoms with van der Waals surface area (Å²) in [7, 11) is 4.12. The van der Waals surface area contributed by atoms with Gasteiger partial charge < -0.3 is 10.2 Å². The zero-order valence-corrected chi connectivity index (χ0v) is 11.9. The lowest BCUT2D eigenvalue weighted by Gasteiger charge is -2.27. The van der Waals surface area contributed by atoms with Crippen molar-refractivity contribution >= 4 is 12.2 Å². The summed E-state index contributed by atoms with van der Waals surface area (Å²) in [6.07, 6.45) is 4.13. The number of nitrogens with one attached hydrogen (secondary N) is 1. The van der Waals surface area contributed by atoms with Crippen LogP contribution in [-0.2, 0) is 0 Å². The van der Waals surface area contributed by atoms with E-state index in [1.54, 1.807) is 0 Å². The van der Waals surface area contributed by atoms with E-state index in [1.165, 1.54) is 5.70 Å². The molecule has 0 saturated carbocycles. The maximum absolute atomic E-state index is 4.80. The maximum atomic E-state index is 4.80. The molecule has 0 fully saturated rings. The van der Waals surface area contributed by atoms with Gasteiger partial charge in [-0.2, -0.15) is 0 Å². The van der Waals surface area contributed by atoms with Crippen LogP contribution in [0.25, 0.3) is 0 Å². The average Bonchev–Trinajstić information content (AvgIpc) is 2.35. The highest BCUT2D eigenvalue weighted by atomic mass is 15.3. The standard InChI is InChI=1S/C13H25N4/c1-7-16(5)11-9-14-13(17(6)8-2)15-12(11)10(3)4/h7,9-10,12H,8H2,1-6H3,(H,14,15)/q+1. The fraction of sp³-hybridized carbons (Fsp3) is 0.692. The summed E-state index contributed by atoms with van der Waals surface area (Å²) in [6.45, 7) is 9.53. The summed E-state index contributed by atoms with van der Waals surface area (Å²) in [5, 5.41) is 3.27. The van der Waals surface area contributed by atoms with Crippen molar-refractivity contribution in [2.75, 3.05) is 20.6 Å². The number of aliphatic imine (C=N–C) groups is 1. The van der Waals surface area contributed by atoms with Crippen molar-refractivity contribution in [3.05, 3.63) is 11.9 Å². The molecular formula is C13H25N4+. The zero-order valence-electron chi connectivity index (χ0n) is 11.9. The fourth-order valence-electron chi connectivity index (χ4n) is 1.77. The second-order valence-corrected chi connectivity index (χ2v) is 4.74. The number of likely N-dealkylation sites (N-methyl/N-ethyl adjacent to an activating group) is 1. The van der Waals surface area contributed by atoms with Crippen molar-refractivity contribution < 1.29 is 4.58 Å². The molecule has 1 unspecified atom stereocenters. The number of nitrogens with zero attached hydrogens (tertiary/aromatic N) is 3. The molecule has 96 valence electrons. The van der Waals surface area contributed by atoms with Gasteiger partial charge >= 0.3 is 0 Å². The number of hydrogen-bond donors (Lipinski definition) is 1. The number of guanidine groups is 1. The third-order valence-electron chi connectivity index (χ3n) is 3.18. The van der Waals surface area contributed by atoms with E-state index in [0.717, 1.165) is 12.5 Å². The monoisotopic (exact) mass is 237 g/mol. The molecule has 1 atom stereocenters. The summed E-state index contributed by atoms with van der Waals surface area (Å²) >= 11 is 0. The molecule has 4 heteroatoms. The molecule has 1 rings (SSSR count). The lowest BCUT2D eigenvalue weighted by molar-refractivity contribution is -0.445. The summed E-state index contributed by atoms with van der Waals surface area (Å²) in [6, 6.07) is 0.224. The topological polar surface area (TPSA) is 30.6 Å². The first-order valence-corrected chi connectivity index (χ1v) is 6.29. The molecule has 0 spiro atoms. The molecule has 1 aliphatic rings. The SMILES string of the molecule is CC=[N+](C)C1=CNC(N(C)CC)=NC1C(C)C. The minimum atomic E-state index is 0.224. The van der Waals surface area contributed by atoms with Crippen molar-refractivity contribution in [1.29, 1.82) is 0 Å². The molecule has 1 aliphatic heterocycles. The Morgan fingerprint density at radius 1 is 1.59 bits per heavy atom. The third-order valence-corrected chi connectivity index (χ3v) is 3.18. The number of rotatable bonds is 3. The minimum absolute atomic E-state index is 0.224. The lowest BCUT2D eigenvalue weighted by atomic mass is 10.0. The minimum Gasteiger partial charge on any atom is -0.346 e. The van der Waals surface area contributed by atoms with E-state index in [2.05, 4.69) is 62.1 Å². The van der Waals surface area contributed by atoms with E-state index >= 15 is 0 Å². The fourth-order valence-corrected chi connectivity index (χ4v) is 1.77. The summed E-state index contributed by atoms with van der Waals surface area (Å²) < 4.78 is 2.13. The van der Waals surface area contributed by atoms with Crippen LogP contribution in [-0.4, -0.2) is 48.3 Å². The quantitative estimate of drug-likeness (QED) is 0.595. The smallest absolute Gasteiger partial charge is 0.222 e. The van der Waals surface area contributed by atoms with Gasteiger partial charge in [-0.15, -0.1) is 0 Å². The molecule has 0 aromatic carbocycles. The van der Waals surface area contributed by atoms with Gasteiger partial charge in [-0.25, -0.2) is 9.57 Å². The lowest BCUT2D eigenvalue weighted by Crippen LogP contribution is -2.42. The van der Waals surface area contributed by atoms with Gasteiger partial charge in [0.15, 0.2) is 5.96 Å². The van der Waals surface area contributed by atoms with E-state index in [0.29, 0.717) is 5.92 Å². The first-order valence-electron chi connectivity index (χ1n) is 6.29. The van der Waals surface area contributed by atoms with Crippen molar-refractivity contribution in [3.8, 4) is 0 Å². The predicted molar refractivity (Wildman–Crippen MR) is 73.5 cm³/mol.